The highest BCUT2D eigenvalue weighted by Crippen LogP contribution is 2.41. The fourth-order valence-corrected chi connectivity index (χ4v) is 5.16. The molecule has 0 fully saturated rings. The second-order valence-electron chi connectivity index (χ2n) is 7.92. The number of Topliss-reactive ketones (excluding diaryl/α,β-unsaturated/α-hetero) is 1. The van der Waals surface area contributed by atoms with Gasteiger partial charge in [0.2, 0.25) is 5.78 Å². The quantitative estimate of drug-likeness (QED) is 0.472. The third kappa shape index (κ3) is 4.18. The molecule has 1 aliphatic rings. The summed E-state index contributed by atoms with van der Waals surface area (Å²) >= 11 is 1.27. The molecule has 1 atom stereocenters. The zero-order valence-electron chi connectivity index (χ0n) is 19.2. The number of aliphatic hydroxyl groups is 1. The highest BCUT2D eigenvalue weighted by molar-refractivity contribution is 7.14. The van der Waals surface area contributed by atoms with Crippen LogP contribution in [0.25, 0.3) is 0 Å². The van der Waals surface area contributed by atoms with Crippen molar-refractivity contribution in [2.75, 3.05) is 18.0 Å². The number of anilines is 1. The van der Waals surface area contributed by atoms with Crippen LogP contribution in [0, 0.1) is 13.8 Å². The maximum atomic E-state index is 13.6. The maximum absolute atomic E-state index is 13.6. The Morgan fingerprint density at radius 3 is 2.42 bits per heavy atom. The van der Waals surface area contributed by atoms with Gasteiger partial charge in [0.25, 0.3) is 5.91 Å². The average molecular weight is 466 g/mol. The first-order chi connectivity index (χ1) is 15.8. The number of ketones is 1. The topological polar surface area (TPSA) is 86.9 Å². The number of rotatable bonds is 8. The van der Waals surface area contributed by atoms with Crippen molar-refractivity contribution in [1.82, 2.24) is 9.88 Å². The van der Waals surface area contributed by atoms with E-state index in [1.165, 1.54) is 22.5 Å². The van der Waals surface area contributed by atoms with Crippen molar-refractivity contribution in [3.63, 3.8) is 0 Å². The molecule has 0 bridgehead atoms. The Balaban J connectivity index is 1.78. The minimum absolute atomic E-state index is 0.0777. The number of hydrogen-bond donors (Lipinski definition) is 1. The SMILES string of the molecule is CCN(CC)c1ccc(C2C(C(=O)c3sc(C)nc3C)=C(O)C(=O)N2Cc2ccco2)cc1. The number of thiazole rings is 1. The first kappa shape index (κ1) is 22.8. The highest BCUT2D eigenvalue weighted by atomic mass is 32.1. The summed E-state index contributed by atoms with van der Waals surface area (Å²) in [6.07, 6.45) is 1.53. The summed E-state index contributed by atoms with van der Waals surface area (Å²) in [5.74, 6) is -0.913. The molecule has 0 aliphatic carbocycles. The predicted octanol–water partition coefficient (Wildman–Crippen LogP) is 4.98. The lowest BCUT2D eigenvalue weighted by molar-refractivity contribution is -0.130. The monoisotopic (exact) mass is 465 g/mol. The van der Waals surface area contributed by atoms with Crippen molar-refractivity contribution in [3.8, 4) is 0 Å². The van der Waals surface area contributed by atoms with E-state index in [9.17, 15) is 14.7 Å². The molecule has 2 aromatic heterocycles. The lowest BCUT2D eigenvalue weighted by Crippen LogP contribution is -2.30. The Hall–Kier alpha value is -3.39. The van der Waals surface area contributed by atoms with E-state index in [0.29, 0.717) is 16.3 Å². The molecule has 0 radical (unpaired) electrons. The fraction of sp³-hybridized carbons (Fsp3) is 0.320. The number of carbonyl (C=O) groups excluding carboxylic acids is 2. The molecular formula is C25H27N3O4S. The van der Waals surface area contributed by atoms with Gasteiger partial charge in [0.05, 0.1) is 40.0 Å². The van der Waals surface area contributed by atoms with Gasteiger partial charge in [-0.1, -0.05) is 12.1 Å². The molecule has 1 aliphatic heterocycles. The molecule has 8 heteroatoms. The molecule has 0 saturated heterocycles. The number of aryl methyl sites for hydroxylation is 2. The first-order valence-corrected chi connectivity index (χ1v) is 11.8. The molecule has 33 heavy (non-hydrogen) atoms. The summed E-state index contributed by atoms with van der Waals surface area (Å²) in [5.41, 5.74) is 2.47. The van der Waals surface area contributed by atoms with Crippen LogP contribution in [0.15, 0.2) is 58.4 Å². The molecule has 4 rings (SSSR count). The molecular weight excluding hydrogens is 438 g/mol. The Kier molecular flexibility index (Phi) is 6.37. The highest BCUT2D eigenvalue weighted by Gasteiger charge is 2.44. The smallest absolute Gasteiger partial charge is 0.290 e. The predicted molar refractivity (Wildman–Crippen MR) is 128 cm³/mol. The van der Waals surface area contributed by atoms with Crippen LogP contribution in [0.2, 0.25) is 0 Å². The molecule has 1 aromatic carbocycles. The van der Waals surface area contributed by atoms with Crippen molar-refractivity contribution >= 4 is 28.7 Å². The fourth-order valence-electron chi connectivity index (χ4n) is 4.29. The zero-order chi connectivity index (χ0) is 23.7. The lowest BCUT2D eigenvalue weighted by atomic mass is 9.94. The Morgan fingerprint density at radius 2 is 1.88 bits per heavy atom. The van der Waals surface area contributed by atoms with Gasteiger partial charge in [-0.2, -0.15) is 0 Å². The number of furan rings is 1. The van der Waals surface area contributed by atoms with Crippen LogP contribution in [0.1, 0.15) is 51.6 Å². The maximum Gasteiger partial charge on any atom is 0.290 e. The Bertz CT molecular complexity index is 1190. The molecule has 1 N–H and O–H groups in total. The lowest BCUT2D eigenvalue weighted by Gasteiger charge is -2.27. The van der Waals surface area contributed by atoms with Gasteiger partial charge in [-0.25, -0.2) is 4.98 Å². The van der Waals surface area contributed by atoms with Crippen LogP contribution in [-0.4, -0.2) is 39.8 Å². The van der Waals surface area contributed by atoms with E-state index < -0.39 is 17.7 Å². The minimum Gasteiger partial charge on any atom is -0.503 e. The van der Waals surface area contributed by atoms with Gasteiger partial charge in [-0.15, -0.1) is 11.3 Å². The van der Waals surface area contributed by atoms with Crippen molar-refractivity contribution in [3.05, 3.63) is 80.9 Å². The first-order valence-electron chi connectivity index (χ1n) is 11.0. The normalized spacial score (nSPS) is 16.1. The second-order valence-corrected chi connectivity index (χ2v) is 9.12. The number of carbonyl (C=O) groups is 2. The molecule has 0 spiro atoms. The molecule has 3 aromatic rings. The summed E-state index contributed by atoms with van der Waals surface area (Å²) in [5, 5.41) is 11.6. The van der Waals surface area contributed by atoms with Gasteiger partial charge in [0.15, 0.2) is 5.76 Å². The molecule has 0 saturated carbocycles. The average Bonchev–Trinajstić information content (AvgIpc) is 3.50. The molecule has 172 valence electrons. The van der Waals surface area contributed by atoms with Gasteiger partial charge < -0.3 is 19.3 Å². The number of benzene rings is 1. The van der Waals surface area contributed by atoms with E-state index in [-0.39, 0.29) is 17.9 Å². The van der Waals surface area contributed by atoms with Gasteiger partial charge in [-0.05, 0) is 57.5 Å². The van der Waals surface area contributed by atoms with Crippen molar-refractivity contribution < 1.29 is 19.1 Å². The molecule has 1 unspecified atom stereocenters. The van der Waals surface area contributed by atoms with E-state index in [0.717, 1.165) is 29.3 Å². The number of aliphatic hydroxyl groups excluding tert-OH is 1. The summed E-state index contributed by atoms with van der Waals surface area (Å²) < 4.78 is 5.45. The van der Waals surface area contributed by atoms with Gasteiger partial charge in [0, 0.05) is 18.8 Å². The number of amides is 1. The van der Waals surface area contributed by atoms with Crippen LogP contribution < -0.4 is 4.90 Å². The zero-order valence-corrected chi connectivity index (χ0v) is 20.0. The van der Waals surface area contributed by atoms with Crippen LogP contribution in [0.5, 0.6) is 0 Å². The van der Waals surface area contributed by atoms with Crippen molar-refractivity contribution in [1.29, 1.82) is 0 Å². The standard InChI is InChI=1S/C25H27N3O4S/c1-5-27(6-2)18-11-9-17(10-12-18)21-20(22(29)24-15(3)26-16(4)33-24)23(30)25(31)28(21)14-19-8-7-13-32-19/h7-13,21,30H,5-6,14H2,1-4H3. The second kappa shape index (κ2) is 9.23. The van der Waals surface area contributed by atoms with Crippen LogP contribution >= 0.6 is 11.3 Å². The summed E-state index contributed by atoms with van der Waals surface area (Å²) in [7, 11) is 0. The third-order valence-corrected chi connectivity index (χ3v) is 6.97. The molecule has 3 heterocycles. The Labute approximate surface area is 197 Å². The van der Waals surface area contributed by atoms with E-state index in [4.69, 9.17) is 4.42 Å². The minimum atomic E-state index is -0.734. The van der Waals surface area contributed by atoms with Crippen LogP contribution in [0.4, 0.5) is 5.69 Å². The van der Waals surface area contributed by atoms with Crippen LogP contribution in [0.3, 0.4) is 0 Å². The third-order valence-electron chi connectivity index (χ3n) is 5.90. The molecule has 7 nitrogen and oxygen atoms in total. The van der Waals surface area contributed by atoms with Gasteiger partial charge in [0.1, 0.15) is 5.76 Å². The number of aromatic nitrogens is 1. The largest absolute Gasteiger partial charge is 0.503 e. The van der Waals surface area contributed by atoms with Gasteiger partial charge >= 0.3 is 0 Å². The Morgan fingerprint density at radius 1 is 1.18 bits per heavy atom. The summed E-state index contributed by atoms with van der Waals surface area (Å²) in [6, 6.07) is 10.6. The van der Waals surface area contributed by atoms with E-state index >= 15 is 0 Å². The molecule has 1 amide bonds. The van der Waals surface area contributed by atoms with Crippen molar-refractivity contribution in [2.45, 2.75) is 40.3 Å². The summed E-state index contributed by atoms with van der Waals surface area (Å²) in [4.78, 5) is 35.2. The number of nitrogens with zero attached hydrogens (tertiary/aromatic N) is 3. The van der Waals surface area contributed by atoms with E-state index in [1.54, 1.807) is 19.1 Å². The van der Waals surface area contributed by atoms with Gasteiger partial charge in [-0.3, -0.25) is 9.59 Å². The van der Waals surface area contributed by atoms with E-state index in [2.05, 4.69) is 23.7 Å². The van der Waals surface area contributed by atoms with Crippen molar-refractivity contribution in [2.24, 2.45) is 0 Å². The van der Waals surface area contributed by atoms with E-state index in [1.807, 2.05) is 31.2 Å². The van der Waals surface area contributed by atoms with Crippen LogP contribution in [-0.2, 0) is 11.3 Å². The number of hydrogen-bond acceptors (Lipinski definition) is 7. The summed E-state index contributed by atoms with van der Waals surface area (Å²) in [6.45, 7) is 9.66.